The summed E-state index contributed by atoms with van der Waals surface area (Å²) in [6.07, 6.45) is 2.42. The number of hydrogen-bond donors (Lipinski definition) is 1. The predicted molar refractivity (Wildman–Crippen MR) is 82.5 cm³/mol. The summed E-state index contributed by atoms with van der Waals surface area (Å²) in [5, 5.41) is 3.15. The molecule has 1 N–H and O–H groups in total. The van der Waals surface area contributed by atoms with Gasteiger partial charge in [-0.2, -0.15) is 0 Å². The van der Waals surface area contributed by atoms with E-state index in [1.807, 2.05) is 19.1 Å². The standard InChI is InChI=1S/C17H24N2O2/c1-12-4-3-5-16(13(12)2)21-11-17(20)18-15-10-19-8-6-14(15)7-9-19/h3-5,14-15H,6-11H2,1-2H3,(H,18,20). The van der Waals surface area contributed by atoms with Gasteiger partial charge in [-0.05, 0) is 62.9 Å². The number of benzene rings is 1. The van der Waals surface area contributed by atoms with Gasteiger partial charge in [0, 0.05) is 12.6 Å². The Balaban J connectivity index is 1.52. The zero-order valence-electron chi connectivity index (χ0n) is 12.9. The van der Waals surface area contributed by atoms with Crippen molar-refractivity contribution in [3.63, 3.8) is 0 Å². The fourth-order valence-corrected chi connectivity index (χ4v) is 3.40. The number of aryl methyl sites for hydroxylation is 1. The lowest BCUT2D eigenvalue weighted by Gasteiger charge is -2.44. The molecule has 0 radical (unpaired) electrons. The first-order chi connectivity index (χ1) is 10.1. The highest BCUT2D eigenvalue weighted by molar-refractivity contribution is 5.78. The monoisotopic (exact) mass is 288 g/mol. The van der Waals surface area contributed by atoms with Crippen LogP contribution in [0, 0.1) is 19.8 Å². The number of carbonyl (C=O) groups is 1. The van der Waals surface area contributed by atoms with Crippen LogP contribution < -0.4 is 10.1 Å². The Morgan fingerprint density at radius 3 is 2.76 bits per heavy atom. The van der Waals surface area contributed by atoms with Crippen molar-refractivity contribution in [1.29, 1.82) is 0 Å². The van der Waals surface area contributed by atoms with E-state index in [1.54, 1.807) is 0 Å². The van der Waals surface area contributed by atoms with E-state index in [4.69, 9.17) is 4.74 Å². The first-order valence-electron chi connectivity index (χ1n) is 7.84. The van der Waals surface area contributed by atoms with Crippen molar-refractivity contribution < 1.29 is 9.53 Å². The molecule has 3 saturated heterocycles. The zero-order chi connectivity index (χ0) is 14.8. The van der Waals surface area contributed by atoms with Gasteiger partial charge in [-0.15, -0.1) is 0 Å². The smallest absolute Gasteiger partial charge is 0.258 e. The number of amides is 1. The van der Waals surface area contributed by atoms with E-state index >= 15 is 0 Å². The Bertz CT molecular complexity index is 522. The van der Waals surface area contributed by atoms with Gasteiger partial charge in [0.1, 0.15) is 5.75 Å². The molecule has 4 heteroatoms. The second kappa shape index (κ2) is 6.06. The number of carbonyl (C=O) groups excluding carboxylic acids is 1. The molecule has 3 aliphatic rings. The fraction of sp³-hybridized carbons (Fsp3) is 0.588. The molecule has 3 heterocycles. The van der Waals surface area contributed by atoms with Crippen LogP contribution in [-0.4, -0.2) is 43.1 Å². The topological polar surface area (TPSA) is 41.6 Å². The largest absolute Gasteiger partial charge is 0.483 e. The maximum atomic E-state index is 12.1. The first-order valence-corrected chi connectivity index (χ1v) is 7.84. The Hall–Kier alpha value is -1.55. The molecule has 0 spiro atoms. The van der Waals surface area contributed by atoms with Crippen molar-refractivity contribution in [2.24, 2.45) is 5.92 Å². The van der Waals surface area contributed by atoms with Crippen molar-refractivity contribution in [3.8, 4) is 5.75 Å². The van der Waals surface area contributed by atoms with Gasteiger partial charge in [0.2, 0.25) is 0 Å². The lowest BCUT2D eigenvalue weighted by atomic mass is 9.84. The Labute approximate surface area is 126 Å². The van der Waals surface area contributed by atoms with Gasteiger partial charge >= 0.3 is 0 Å². The minimum Gasteiger partial charge on any atom is -0.483 e. The maximum Gasteiger partial charge on any atom is 0.258 e. The van der Waals surface area contributed by atoms with Crippen LogP contribution in [0.4, 0.5) is 0 Å². The van der Waals surface area contributed by atoms with E-state index in [2.05, 4.69) is 23.2 Å². The van der Waals surface area contributed by atoms with Crippen molar-refractivity contribution in [1.82, 2.24) is 10.2 Å². The molecule has 0 aliphatic carbocycles. The second-order valence-corrected chi connectivity index (χ2v) is 6.30. The highest BCUT2D eigenvalue weighted by atomic mass is 16.5. The number of nitrogens with zero attached hydrogens (tertiary/aromatic N) is 1. The number of nitrogens with one attached hydrogen (secondary N) is 1. The molecule has 2 bridgehead atoms. The summed E-state index contributed by atoms with van der Waals surface area (Å²) < 4.78 is 5.68. The number of hydrogen-bond acceptors (Lipinski definition) is 3. The molecule has 1 unspecified atom stereocenters. The minimum absolute atomic E-state index is 0.00495. The van der Waals surface area contributed by atoms with Crippen LogP contribution in [0.25, 0.3) is 0 Å². The molecule has 1 amide bonds. The van der Waals surface area contributed by atoms with Gasteiger partial charge in [-0.1, -0.05) is 12.1 Å². The van der Waals surface area contributed by atoms with Crippen molar-refractivity contribution in [2.45, 2.75) is 32.7 Å². The van der Waals surface area contributed by atoms with Gasteiger partial charge in [-0.25, -0.2) is 0 Å². The second-order valence-electron chi connectivity index (χ2n) is 6.30. The first kappa shape index (κ1) is 14.4. The summed E-state index contributed by atoms with van der Waals surface area (Å²) >= 11 is 0. The normalized spacial score (nSPS) is 27.4. The Morgan fingerprint density at radius 2 is 2.10 bits per heavy atom. The molecule has 4 nitrogen and oxygen atoms in total. The van der Waals surface area contributed by atoms with Gasteiger partial charge in [0.25, 0.3) is 5.91 Å². The van der Waals surface area contributed by atoms with Gasteiger partial charge in [-0.3, -0.25) is 4.79 Å². The number of rotatable bonds is 4. The van der Waals surface area contributed by atoms with E-state index in [0.29, 0.717) is 12.0 Å². The van der Waals surface area contributed by atoms with E-state index in [1.165, 1.54) is 31.5 Å². The van der Waals surface area contributed by atoms with Gasteiger partial charge in [0.05, 0.1) is 0 Å². The lowest BCUT2D eigenvalue weighted by Crippen LogP contribution is -2.57. The summed E-state index contributed by atoms with van der Waals surface area (Å²) in [6, 6.07) is 6.24. The summed E-state index contributed by atoms with van der Waals surface area (Å²) in [4.78, 5) is 14.5. The van der Waals surface area contributed by atoms with Crippen molar-refractivity contribution >= 4 is 5.91 Å². The van der Waals surface area contributed by atoms with Crippen LogP contribution >= 0.6 is 0 Å². The van der Waals surface area contributed by atoms with E-state index in [-0.39, 0.29) is 12.5 Å². The average molecular weight is 288 g/mol. The summed E-state index contributed by atoms with van der Waals surface area (Å²) in [5.41, 5.74) is 2.29. The molecule has 1 aromatic rings. The summed E-state index contributed by atoms with van der Waals surface area (Å²) in [6.45, 7) is 7.56. The van der Waals surface area contributed by atoms with Crippen molar-refractivity contribution in [3.05, 3.63) is 29.3 Å². The molecule has 1 aromatic carbocycles. The van der Waals surface area contributed by atoms with Crippen molar-refractivity contribution in [2.75, 3.05) is 26.2 Å². The molecule has 114 valence electrons. The van der Waals surface area contributed by atoms with E-state index in [9.17, 15) is 4.79 Å². The fourth-order valence-electron chi connectivity index (χ4n) is 3.40. The Kier molecular flexibility index (Phi) is 4.15. The van der Waals surface area contributed by atoms with Crippen LogP contribution in [0.15, 0.2) is 18.2 Å². The maximum absolute atomic E-state index is 12.1. The minimum atomic E-state index is -0.00495. The van der Waals surface area contributed by atoms with Crippen LogP contribution in [0.2, 0.25) is 0 Å². The highest BCUT2D eigenvalue weighted by Gasteiger charge is 2.34. The third-order valence-corrected chi connectivity index (χ3v) is 4.92. The molecule has 1 atom stereocenters. The molecule has 21 heavy (non-hydrogen) atoms. The Morgan fingerprint density at radius 1 is 1.33 bits per heavy atom. The number of piperidine rings is 3. The molecule has 0 saturated carbocycles. The van der Waals surface area contributed by atoms with E-state index < -0.39 is 0 Å². The van der Waals surface area contributed by atoms with Crippen LogP contribution in [0.1, 0.15) is 24.0 Å². The van der Waals surface area contributed by atoms with Crippen LogP contribution in [-0.2, 0) is 4.79 Å². The van der Waals surface area contributed by atoms with Crippen LogP contribution in [0.5, 0.6) is 5.75 Å². The quantitative estimate of drug-likeness (QED) is 0.920. The molecular weight excluding hydrogens is 264 g/mol. The van der Waals surface area contributed by atoms with Gasteiger partial charge < -0.3 is 15.0 Å². The highest BCUT2D eigenvalue weighted by Crippen LogP contribution is 2.27. The number of ether oxygens (including phenoxy) is 1. The van der Waals surface area contributed by atoms with E-state index in [0.717, 1.165) is 17.9 Å². The average Bonchev–Trinajstić information content (AvgIpc) is 2.50. The molecule has 3 fully saturated rings. The SMILES string of the molecule is Cc1cccc(OCC(=O)NC2CN3CCC2CC3)c1C. The molecule has 3 aliphatic heterocycles. The van der Waals surface area contributed by atoms with Crippen LogP contribution in [0.3, 0.4) is 0 Å². The predicted octanol–water partition coefficient (Wildman–Crippen LogP) is 1.89. The zero-order valence-corrected chi connectivity index (χ0v) is 12.9. The lowest BCUT2D eigenvalue weighted by molar-refractivity contribution is -0.125. The molecule has 0 aromatic heterocycles. The number of fused-ring (bicyclic) bond motifs is 3. The summed E-state index contributed by atoms with van der Waals surface area (Å²) in [5.74, 6) is 1.45. The third-order valence-electron chi connectivity index (χ3n) is 4.92. The molecule has 4 rings (SSSR count). The summed E-state index contributed by atoms with van der Waals surface area (Å²) in [7, 11) is 0. The third kappa shape index (κ3) is 3.21. The van der Waals surface area contributed by atoms with Gasteiger partial charge in [0.15, 0.2) is 6.61 Å². The molecular formula is C17H24N2O2.